The molecule has 0 amide bonds. The molecule has 1 aromatic rings. The van der Waals surface area contributed by atoms with Crippen molar-refractivity contribution < 1.29 is 16.8 Å². The van der Waals surface area contributed by atoms with E-state index in [1.807, 2.05) is 0 Å². The van der Waals surface area contributed by atoms with Crippen LogP contribution in [0.15, 0.2) is 23.1 Å². The number of anilines is 1. The zero-order valence-electron chi connectivity index (χ0n) is 10.5. The molecule has 0 saturated carbocycles. The SMILES string of the molecule is Cc1cccc(N)c1S(=O)(=O)NCCCS(N)(=O)=O. The second kappa shape index (κ2) is 5.87. The number of hydrogen-bond donors (Lipinski definition) is 3. The smallest absolute Gasteiger partial charge is 0.242 e. The Bertz CT molecular complexity index is 633. The molecule has 0 unspecified atom stereocenters. The molecule has 5 N–H and O–H groups in total. The number of hydrogen-bond acceptors (Lipinski definition) is 5. The lowest BCUT2D eigenvalue weighted by atomic mass is 10.2. The van der Waals surface area contributed by atoms with Gasteiger partial charge in [0.15, 0.2) is 0 Å². The molecule has 0 bridgehead atoms. The van der Waals surface area contributed by atoms with Crippen LogP contribution >= 0.6 is 0 Å². The summed E-state index contributed by atoms with van der Waals surface area (Å²) in [6, 6.07) is 4.78. The summed E-state index contributed by atoms with van der Waals surface area (Å²) >= 11 is 0. The number of sulfonamides is 2. The van der Waals surface area contributed by atoms with Gasteiger partial charge < -0.3 is 5.73 Å². The molecule has 0 heterocycles. The molecule has 1 aromatic carbocycles. The van der Waals surface area contributed by atoms with Crippen molar-refractivity contribution in [2.45, 2.75) is 18.2 Å². The Kier molecular flexibility index (Phi) is 4.91. The minimum Gasteiger partial charge on any atom is -0.398 e. The molecule has 108 valence electrons. The van der Waals surface area contributed by atoms with Crippen molar-refractivity contribution in [3.8, 4) is 0 Å². The minimum absolute atomic E-state index is 0.0191. The fourth-order valence-corrected chi connectivity index (χ4v) is 3.57. The highest BCUT2D eigenvalue weighted by molar-refractivity contribution is 7.89. The molecule has 19 heavy (non-hydrogen) atoms. The van der Waals surface area contributed by atoms with Crippen LogP contribution in [0.2, 0.25) is 0 Å². The van der Waals surface area contributed by atoms with Crippen molar-refractivity contribution in [1.29, 1.82) is 0 Å². The molecule has 9 heteroatoms. The molecule has 0 radical (unpaired) electrons. The van der Waals surface area contributed by atoms with Crippen molar-refractivity contribution in [2.75, 3.05) is 18.0 Å². The first-order chi connectivity index (χ1) is 8.63. The Morgan fingerprint density at radius 1 is 1.21 bits per heavy atom. The second-order valence-electron chi connectivity index (χ2n) is 4.11. The molecular weight excluding hydrogens is 290 g/mol. The van der Waals surface area contributed by atoms with Crippen molar-refractivity contribution in [3.63, 3.8) is 0 Å². The molecule has 0 atom stereocenters. The van der Waals surface area contributed by atoms with Crippen LogP contribution in [-0.4, -0.2) is 29.1 Å². The Balaban J connectivity index is 2.77. The number of primary sulfonamides is 1. The summed E-state index contributed by atoms with van der Waals surface area (Å²) in [5.41, 5.74) is 6.32. The zero-order chi connectivity index (χ0) is 14.7. The first-order valence-corrected chi connectivity index (χ1v) is 8.68. The number of benzene rings is 1. The quantitative estimate of drug-likeness (QED) is 0.483. The predicted octanol–water partition coefficient (Wildman–Crippen LogP) is -0.466. The first-order valence-electron chi connectivity index (χ1n) is 5.49. The summed E-state index contributed by atoms with van der Waals surface area (Å²) in [6.07, 6.45) is 0.101. The Labute approximate surface area is 113 Å². The van der Waals surface area contributed by atoms with E-state index in [2.05, 4.69) is 4.72 Å². The van der Waals surface area contributed by atoms with E-state index in [0.29, 0.717) is 5.56 Å². The molecule has 0 fully saturated rings. The van der Waals surface area contributed by atoms with Crippen molar-refractivity contribution in [2.24, 2.45) is 5.14 Å². The summed E-state index contributed by atoms with van der Waals surface area (Å²) < 4.78 is 47.8. The average Bonchev–Trinajstić information content (AvgIpc) is 2.22. The minimum atomic E-state index is -3.75. The number of rotatable bonds is 6. The van der Waals surface area contributed by atoms with E-state index in [-0.39, 0.29) is 29.3 Å². The topological polar surface area (TPSA) is 132 Å². The zero-order valence-corrected chi connectivity index (χ0v) is 12.1. The highest BCUT2D eigenvalue weighted by Crippen LogP contribution is 2.21. The number of nitrogen functional groups attached to an aromatic ring is 1. The van der Waals surface area contributed by atoms with E-state index in [0.717, 1.165) is 0 Å². The molecule has 0 spiro atoms. The van der Waals surface area contributed by atoms with Gasteiger partial charge in [0.1, 0.15) is 4.90 Å². The Morgan fingerprint density at radius 3 is 2.37 bits per heavy atom. The third-order valence-electron chi connectivity index (χ3n) is 2.41. The predicted molar refractivity (Wildman–Crippen MR) is 73.4 cm³/mol. The highest BCUT2D eigenvalue weighted by Gasteiger charge is 2.19. The van der Waals surface area contributed by atoms with Crippen LogP contribution in [0, 0.1) is 6.92 Å². The monoisotopic (exact) mass is 307 g/mol. The van der Waals surface area contributed by atoms with Gasteiger partial charge in [-0.1, -0.05) is 12.1 Å². The highest BCUT2D eigenvalue weighted by atomic mass is 32.2. The number of nitrogens with one attached hydrogen (secondary N) is 1. The standard InChI is InChI=1S/C10H17N3O4S2/c1-8-4-2-5-9(11)10(8)19(16,17)13-6-3-7-18(12,14)15/h2,4-5,13H,3,6-7,11H2,1H3,(H2,12,14,15). The Morgan fingerprint density at radius 2 is 1.84 bits per heavy atom. The lowest BCUT2D eigenvalue weighted by Crippen LogP contribution is -2.28. The summed E-state index contributed by atoms with van der Waals surface area (Å²) in [4.78, 5) is 0.0191. The van der Waals surface area contributed by atoms with Crippen molar-refractivity contribution in [3.05, 3.63) is 23.8 Å². The van der Waals surface area contributed by atoms with Gasteiger partial charge >= 0.3 is 0 Å². The molecule has 0 aliphatic heterocycles. The molecule has 7 nitrogen and oxygen atoms in total. The van der Waals surface area contributed by atoms with Gasteiger partial charge in [0.05, 0.1) is 11.4 Å². The first kappa shape index (κ1) is 15.9. The molecule has 0 aromatic heterocycles. The Hall–Kier alpha value is -1.16. The van der Waals surface area contributed by atoms with Crippen LogP contribution in [0.1, 0.15) is 12.0 Å². The van der Waals surface area contributed by atoms with Gasteiger partial charge in [-0.3, -0.25) is 0 Å². The van der Waals surface area contributed by atoms with E-state index in [1.54, 1.807) is 19.1 Å². The number of nitrogens with two attached hydrogens (primary N) is 2. The van der Waals surface area contributed by atoms with E-state index in [1.165, 1.54) is 6.07 Å². The van der Waals surface area contributed by atoms with Crippen molar-refractivity contribution in [1.82, 2.24) is 4.72 Å². The maximum atomic E-state index is 12.0. The summed E-state index contributed by atoms with van der Waals surface area (Å²) in [5.74, 6) is -0.279. The van der Waals surface area contributed by atoms with E-state index < -0.39 is 20.0 Å². The van der Waals surface area contributed by atoms with Crippen LogP contribution in [0.4, 0.5) is 5.69 Å². The van der Waals surface area contributed by atoms with Crippen LogP contribution in [0.5, 0.6) is 0 Å². The molecular formula is C10H17N3O4S2. The van der Waals surface area contributed by atoms with Gasteiger partial charge in [-0.25, -0.2) is 26.7 Å². The van der Waals surface area contributed by atoms with Gasteiger partial charge in [0.2, 0.25) is 20.0 Å². The maximum Gasteiger partial charge on any atom is 0.242 e. The maximum absolute atomic E-state index is 12.0. The van der Waals surface area contributed by atoms with E-state index >= 15 is 0 Å². The summed E-state index contributed by atoms with van der Waals surface area (Å²) in [5, 5.41) is 4.82. The van der Waals surface area contributed by atoms with E-state index in [9.17, 15) is 16.8 Å². The lowest BCUT2D eigenvalue weighted by Gasteiger charge is -2.11. The van der Waals surface area contributed by atoms with Gasteiger partial charge in [-0.15, -0.1) is 0 Å². The number of aryl methyl sites for hydroxylation is 1. The summed E-state index contributed by atoms with van der Waals surface area (Å²) in [7, 11) is -7.33. The molecule has 0 aliphatic carbocycles. The van der Waals surface area contributed by atoms with Crippen LogP contribution in [0.3, 0.4) is 0 Å². The van der Waals surface area contributed by atoms with Crippen LogP contribution in [-0.2, 0) is 20.0 Å². The third-order valence-corrected chi connectivity index (χ3v) is 4.95. The van der Waals surface area contributed by atoms with E-state index in [4.69, 9.17) is 10.9 Å². The van der Waals surface area contributed by atoms with Gasteiger partial charge in [-0.05, 0) is 25.0 Å². The molecule has 1 rings (SSSR count). The summed E-state index contributed by atoms with van der Waals surface area (Å²) in [6.45, 7) is 1.61. The lowest BCUT2D eigenvalue weighted by molar-refractivity contribution is 0.576. The second-order valence-corrected chi connectivity index (χ2v) is 7.55. The van der Waals surface area contributed by atoms with Crippen LogP contribution < -0.4 is 15.6 Å². The normalized spacial score (nSPS) is 12.5. The molecule has 0 saturated heterocycles. The van der Waals surface area contributed by atoms with Gasteiger partial charge in [0.25, 0.3) is 0 Å². The fraction of sp³-hybridized carbons (Fsp3) is 0.400. The van der Waals surface area contributed by atoms with Crippen molar-refractivity contribution >= 4 is 25.7 Å². The van der Waals surface area contributed by atoms with Crippen LogP contribution in [0.25, 0.3) is 0 Å². The average molecular weight is 307 g/mol. The van der Waals surface area contributed by atoms with Gasteiger partial charge in [0, 0.05) is 6.54 Å². The largest absolute Gasteiger partial charge is 0.398 e. The van der Waals surface area contributed by atoms with Gasteiger partial charge in [-0.2, -0.15) is 0 Å². The third kappa shape index (κ3) is 4.78. The molecule has 0 aliphatic rings. The fourth-order valence-electron chi connectivity index (χ4n) is 1.59.